The molecular weight excluding hydrogens is 293 g/mol. The molecule has 2 atom stereocenters. The van der Waals surface area contributed by atoms with Crippen LogP contribution in [0.25, 0.3) is 0 Å². The van der Waals surface area contributed by atoms with Gasteiger partial charge in [-0.3, -0.25) is 0 Å². The van der Waals surface area contributed by atoms with Crippen molar-refractivity contribution in [2.24, 2.45) is 0 Å². The molecule has 1 heterocycles. The second-order valence-electron chi connectivity index (χ2n) is 3.41. The first-order chi connectivity index (χ1) is 6.49. The molecule has 0 amide bonds. The second kappa shape index (κ2) is 4.48. The van der Waals surface area contributed by atoms with Crippen molar-refractivity contribution in [2.45, 2.75) is 32.9 Å². The molecule has 0 saturated carbocycles. The van der Waals surface area contributed by atoms with Crippen LogP contribution in [0, 0.1) is 10.5 Å². The van der Waals surface area contributed by atoms with Crippen LogP contribution in [0.5, 0.6) is 0 Å². The van der Waals surface area contributed by atoms with Gasteiger partial charge in [0.1, 0.15) is 5.82 Å². The number of hydrogen-bond acceptors (Lipinski definition) is 3. The van der Waals surface area contributed by atoms with E-state index in [1.165, 1.54) is 0 Å². The smallest absolute Gasteiger partial charge is 0.135 e. The van der Waals surface area contributed by atoms with E-state index in [-0.39, 0.29) is 12.1 Å². The number of nitrogens with zero attached hydrogens (tertiary/aromatic N) is 2. The summed E-state index contributed by atoms with van der Waals surface area (Å²) in [7, 11) is 1.69. The number of nitrogen functional groups attached to an aromatic ring is 1. The Morgan fingerprint density at radius 2 is 2.07 bits per heavy atom. The van der Waals surface area contributed by atoms with Crippen LogP contribution in [0.4, 0.5) is 5.82 Å². The topological polar surface area (TPSA) is 53.1 Å². The van der Waals surface area contributed by atoms with Crippen molar-refractivity contribution in [1.29, 1.82) is 0 Å². The third-order valence-corrected chi connectivity index (χ3v) is 3.82. The normalized spacial score (nSPS) is 15.5. The van der Waals surface area contributed by atoms with E-state index in [0.717, 1.165) is 15.1 Å². The first-order valence-electron chi connectivity index (χ1n) is 4.52. The monoisotopic (exact) mass is 309 g/mol. The zero-order valence-corrected chi connectivity index (χ0v) is 11.1. The number of ether oxygens (including phenoxy) is 1. The van der Waals surface area contributed by atoms with E-state index in [0.29, 0.717) is 0 Å². The average Bonchev–Trinajstić information content (AvgIpc) is 2.43. The molecule has 5 heteroatoms. The van der Waals surface area contributed by atoms with Crippen molar-refractivity contribution in [2.75, 3.05) is 12.8 Å². The van der Waals surface area contributed by atoms with Gasteiger partial charge in [-0.2, -0.15) is 5.10 Å². The van der Waals surface area contributed by atoms with Crippen LogP contribution in [0.1, 0.15) is 25.6 Å². The van der Waals surface area contributed by atoms with Crippen LogP contribution < -0.4 is 5.73 Å². The molecule has 0 aliphatic rings. The molecule has 0 fully saturated rings. The van der Waals surface area contributed by atoms with E-state index in [4.69, 9.17) is 10.5 Å². The van der Waals surface area contributed by atoms with E-state index >= 15 is 0 Å². The second-order valence-corrected chi connectivity index (χ2v) is 4.49. The van der Waals surface area contributed by atoms with Crippen LogP contribution in [-0.4, -0.2) is 23.0 Å². The van der Waals surface area contributed by atoms with Crippen LogP contribution in [0.15, 0.2) is 0 Å². The van der Waals surface area contributed by atoms with Gasteiger partial charge in [0.15, 0.2) is 0 Å². The lowest BCUT2D eigenvalue weighted by molar-refractivity contribution is 0.0740. The third kappa shape index (κ3) is 2.03. The summed E-state index contributed by atoms with van der Waals surface area (Å²) in [5.74, 6) is 0.722. The fraction of sp³-hybridized carbons (Fsp3) is 0.667. The van der Waals surface area contributed by atoms with Crippen LogP contribution in [0.3, 0.4) is 0 Å². The van der Waals surface area contributed by atoms with E-state index in [1.54, 1.807) is 7.11 Å². The Kier molecular flexibility index (Phi) is 3.77. The Labute approximate surface area is 97.9 Å². The molecule has 0 saturated heterocycles. The maximum atomic E-state index is 5.93. The highest BCUT2D eigenvalue weighted by Crippen LogP contribution is 2.24. The first-order valence-corrected chi connectivity index (χ1v) is 5.59. The van der Waals surface area contributed by atoms with Crippen LogP contribution in [0.2, 0.25) is 0 Å². The van der Waals surface area contributed by atoms with Gasteiger partial charge in [0.05, 0.1) is 21.4 Å². The Balaban J connectivity index is 3.01. The SMILES string of the molecule is COC(C)C(C)n1nc(C)c(I)c1N. The number of anilines is 1. The molecule has 0 aliphatic heterocycles. The fourth-order valence-corrected chi connectivity index (χ4v) is 1.61. The quantitative estimate of drug-likeness (QED) is 0.869. The van der Waals surface area contributed by atoms with Gasteiger partial charge >= 0.3 is 0 Å². The molecule has 4 nitrogen and oxygen atoms in total. The lowest BCUT2D eigenvalue weighted by Gasteiger charge is -2.19. The lowest BCUT2D eigenvalue weighted by Crippen LogP contribution is -2.22. The summed E-state index contributed by atoms with van der Waals surface area (Å²) < 4.78 is 8.10. The van der Waals surface area contributed by atoms with Gasteiger partial charge in [-0.05, 0) is 43.4 Å². The molecule has 80 valence electrons. The molecule has 0 spiro atoms. The standard InChI is InChI=1S/C9H16IN3O/c1-5-8(10)9(11)13(12-5)6(2)7(3)14-4/h6-7H,11H2,1-4H3. The summed E-state index contributed by atoms with van der Waals surface area (Å²) in [6.45, 7) is 6.01. The van der Waals surface area contributed by atoms with Crippen molar-refractivity contribution in [1.82, 2.24) is 9.78 Å². The Morgan fingerprint density at radius 1 is 1.50 bits per heavy atom. The molecule has 0 aliphatic carbocycles. The van der Waals surface area contributed by atoms with Gasteiger partial charge in [0, 0.05) is 7.11 Å². The molecule has 0 aromatic carbocycles. The first kappa shape index (κ1) is 11.8. The van der Waals surface area contributed by atoms with Gasteiger partial charge in [-0.15, -0.1) is 0 Å². The van der Waals surface area contributed by atoms with Crippen molar-refractivity contribution in [3.63, 3.8) is 0 Å². The predicted octanol–water partition coefficient (Wildman–Crippen LogP) is 1.97. The number of methoxy groups -OCH3 is 1. The summed E-state index contributed by atoms with van der Waals surface area (Å²) in [4.78, 5) is 0. The Bertz CT molecular complexity index is 324. The fourth-order valence-electron chi connectivity index (χ4n) is 1.25. The molecule has 0 bridgehead atoms. The van der Waals surface area contributed by atoms with Gasteiger partial charge in [-0.1, -0.05) is 0 Å². The Morgan fingerprint density at radius 3 is 2.43 bits per heavy atom. The van der Waals surface area contributed by atoms with Crippen molar-refractivity contribution in [3.8, 4) is 0 Å². The molecular formula is C9H16IN3O. The maximum Gasteiger partial charge on any atom is 0.135 e. The van der Waals surface area contributed by atoms with Crippen molar-refractivity contribution < 1.29 is 4.74 Å². The van der Waals surface area contributed by atoms with Gasteiger partial charge in [0.25, 0.3) is 0 Å². The average molecular weight is 309 g/mol. The molecule has 14 heavy (non-hydrogen) atoms. The Hall–Kier alpha value is -0.300. The maximum absolute atomic E-state index is 5.93. The van der Waals surface area contributed by atoms with E-state index < -0.39 is 0 Å². The molecule has 1 rings (SSSR count). The number of aromatic nitrogens is 2. The number of halogens is 1. The van der Waals surface area contributed by atoms with E-state index in [2.05, 4.69) is 27.7 Å². The highest BCUT2D eigenvalue weighted by molar-refractivity contribution is 14.1. The third-order valence-electron chi connectivity index (χ3n) is 2.48. The zero-order chi connectivity index (χ0) is 10.9. The van der Waals surface area contributed by atoms with Crippen LogP contribution in [-0.2, 0) is 4.74 Å². The molecule has 2 unspecified atom stereocenters. The molecule has 1 aromatic rings. The number of nitrogens with two attached hydrogens (primary N) is 1. The van der Waals surface area contributed by atoms with E-state index in [9.17, 15) is 0 Å². The van der Waals surface area contributed by atoms with E-state index in [1.807, 2.05) is 25.5 Å². The highest BCUT2D eigenvalue weighted by atomic mass is 127. The number of rotatable bonds is 3. The minimum absolute atomic E-state index is 0.104. The van der Waals surface area contributed by atoms with Gasteiger partial charge < -0.3 is 10.5 Å². The van der Waals surface area contributed by atoms with Gasteiger partial charge in [0.2, 0.25) is 0 Å². The summed E-state index contributed by atoms with van der Waals surface area (Å²) in [6.07, 6.45) is 0.104. The van der Waals surface area contributed by atoms with Crippen molar-refractivity contribution >= 4 is 28.4 Å². The summed E-state index contributed by atoms with van der Waals surface area (Å²) in [5, 5.41) is 4.38. The minimum Gasteiger partial charge on any atom is -0.383 e. The largest absolute Gasteiger partial charge is 0.383 e. The van der Waals surface area contributed by atoms with Crippen molar-refractivity contribution in [3.05, 3.63) is 9.26 Å². The lowest BCUT2D eigenvalue weighted by atomic mass is 10.2. The molecule has 1 aromatic heterocycles. The van der Waals surface area contributed by atoms with Crippen LogP contribution >= 0.6 is 22.6 Å². The molecule has 0 radical (unpaired) electrons. The predicted molar refractivity (Wildman–Crippen MR) is 65.3 cm³/mol. The summed E-state index contributed by atoms with van der Waals surface area (Å²) >= 11 is 2.21. The summed E-state index contributed by atoms with van der Waals surface area (Å²) in [6, 6.07) is 0.155. The van der Waals surface area contributed by atoms with Gasteiger partial charge in [-0.25, -0.2) is 4.68 Å². The zero-order valence-electron chi connectivity index (χ0n) is 8.91. The highest BCUT2D eigenvalue weighted by Gasteiger charge is 2.19. The summed E-state index contributed by atoms with van der Waals surface area (Å²) in [5.41, 5.74) is 6.90. The number of aryl methyl sites for hydroxylation is 1. The number of hydrogen-bond donors (Lipinski definition) is 1. The molecule has 2 N–H and O–H groups in total. The minimum atomic E-state index is 0.104.